The molecule has 112 valence electrons. The van der Waals surface area contributed by atoms with Crippen LogP contribution in [-0.4, -0.2) is 44.1 Å². The molecule has 0 amide bonds. The van der Waals surface area contributed by atoms with Crippen LogP contribution in [-0.2, 0) is 0 Å². The fourth-order valence-corrected chi connectivity index (χ4v) is 2.50. The van der Waals surface area contributed by atoms with Crippen molar-refractivity contribution < 1.29 is 4.42 Å². The molecular weight excluding hydrogens is 252 g/mol. The highest BCUT2D eigenvalue weighted by Crippen LogP contribution is 2.15. The lowest BCUT2D eigenvalue weighted by Crippen LogP contribution is -2.42. The van der Waals surface area contributed by atoms with Crippen LogP contribution in [0.15, 0.2) is 21.5 Å². The van der Waals surface area contributed by atoms with Crippen LogP contribution in [0.1, 0.15) is 37.3 Å². The van der Waals surface area contributed by atoms with E-state index in [-0.39, 0.29) is 6.04 Å². The molecule has 0 spiro atoms. The average Bonchev–Trinajstić information content (AvgIpc) is 3.08. The second-order valence-corrected chi connectivity index (χ2v) is 5.36. The Morgan fingerprint density at radius 3 is 2.75 bits per heavy atom. The number of nitrogens with one attached hydrogen (secondary N) is 2. The van der Waals surface area contributed by atoms with Gasteiger partial charge >= 0.3 is 0 Å². The van der Waals surface area contributed by atoms with Crippen LogP contribution < -0.4 is 10.6 Å². The van der Waals surface area contributed by atoms with Gasteiger partial charge in [0.2, 0.25) is 0 Å². The number of hydrogen-bond donors (Lipinski definition) is 2. The Labute approximate surface area is 121 Å². The first-order valence-corrected chi connectivity index (χ1v) is 7.45. The summed E-state index contributed by atoms with van der Waals surface area (Å²) in [6.45, 7) is 8.50. The van der Waals surface area contributed by atoms with Crippen molar-refractivity contribution >= 4 is 5.96 Å². The van der Waals surface area contributed by atoms with Gasteiger partial charge in [0.05, 0.1) is 6.04 Å². The summed E-state index contributed by atoms with van der Waals surface area (Å²) in [5.74, 6) is 2.70. The maximum atomic E-state index is 5.62. The molecule has 2 heterocycles. The third-order valence-corrected chi connectivity index (χ3v) is 3.68. The van der Waals surface area contributed by atoms with Gasteiger partial charge in [-0.25, -0.2) is 0 Å². The first-order chi connectivity index (χ1) is 9.69. The summed E-state index contributed by atoms with van der Waals surface area (Å²) in [4.78, 5) is 6.74. The van der Waals surface area contributed by atoms with Crippen molar-refractivity contribution in [3.8, 4) is 0 Å². The number of guanidine groups is 1. The summed E-state index contributed by atoms with van der Waals surface area (Å²) in [7, 11) is 1.80. The Bertz CT molecular complexity index is 435. The van der Waals surface area contributed by atoms with Crippen molar-refractivity contribution in [1.82, 2.24) is 15.5 Å². The Morgan fingerprint density at radius 2 is 2.15 bits per heavy atom. The number of aryl methyl sites for hydroxylation is 1. The SMILES string of the molecule is CN=C(NCCN1CCCC1)N[C@H](C)c1ccc(C)o1. The number of likely N-dealkylation sites (tertiary alicyclic amines) is 1. The summed E-state index contributed by atoms with van der Waals surface area (Å²) in [6, 6.07) is 4.10. The molecule has 0 aromatic carbocycles. The third kappa shape index (κ3) is 4.27. The van der Waals surface area contributed by atoms with Crippen LogP contribution in [0.2, 0.25) is 0 Å². The molecule has 2 rings (SSSR count). The molecule has 20 heavy (non-hydrogen) atoms. The molecule has 0 aliphatic carbocycles. The van der Waals surface area contributed by atoms with Crippen molar-refractivity contribution in [3.05, 3.63) is 23.7 Å². The van der Waals surface area contributed by atoms with Crippen LogP contribution in [0.4, 0.5) is 0 Å². The summed E-state index contributed by atoms with van der Waals surface area (Å²) in [6.07, 6.45) is 2.67. The van der Waals surface area contributed by atoms with Gasteiger partial charge in [0, 0.05) is 20.1 Å². The number of nitrogens with zero attached hydrogens (tertiary/aromatic N) is 2. The van der Waals surface area contributed by atoms with Gasteiger partial charge < -0.3 is 20.0 Å². The van der Waals surface area contributed by atoms with E-state index in [1.54, 1.807) is 7.05 Å². The van der Waals surface area contributed by atoms with Crippen LogP contribution >= 0.6 is 0 Å². The van der Waals surface area contributed by atoms with Crippen molar-refractivity contribution in [1.29, 1.82) is 0 Å². The Hall–Kier alpha value is -1.49. The molecular formula is C15H26N4O. The molecule has 0 saturated carbocycles. The van der Waals surface area contributed by atoms with Crippen LogP contribution in [0, 0.1) is 6.92 Å². The highest BCUT2D eigenvalue weighted by atomic mass is 16.3. The highest BCUT2D eigenvalue weighted by Gasteiger charge is 2.13. The molecule has 1 aromatic heterocycles. The van der Waals surface area contributed by atoms with Crippen LogP contribution in [0.5, 0.6) is 0 Å². The van der Waals surface area contributed by atoms with Crippen LogP contribution in [0.25, 0.3) is 0 Å². The molecule has 0 radical (unpaired) electrons. The van der Waals surface area contributed by atoms with E-state index in [0.717, 1.165) is 30.6 Å². The Morgan fingerprint density at radius 1 is 1.40 bits per heavy atom. The number of rotatable bonds is 5. The minimum absolute atomic E-state index is 0.113. The quantitative estimate of drug-likeness (QED) is 0.638. The molecule has 1 atom stereocenters. The molecule has 1 saturated heterocycles. The second-order valence-electron chi connectivity index (χ2n) is 5.36. The zero-order valence-electron chi connectivity index (χ0n) is 12.8. The predicted molar refractivity (Wildman–Crippen MR) is 82.0 cm³/mol. The number of aliphatic imine (C=N–C) groups is 1. The molecule has 1 aliphatic rings. The molecule has 0 unspecified atom stereocenters. The van der Waals surface area contributed by atoms with Crippen molar-refractivity contribution in [2.24, 2.45) is 4.99 Å². The van der Waals surface area contributed by atoms with Crippen molar-refractivity contribution in [3.63, 3.8) is 0 Å². The van der Waals surface area contributed by atoms with Crippen LogP contribution in [0.3, 0.4) is 0 Å². The topological polar surface area (TPSA) is 52.8 Å². The summed E-state index contributed by atoms with van der Waals surface area (Å²) in [5.41, 5.74) is 0. The molecule has 2 N–H and O–H groups in total. The molecule has 5 nitrogen and oxygen atoms in total. The molecule has 0 bridgehead atoms. The van der Waals surface area contributed by atoms with E-state index in [1.807, 2.05) is 19.1 Å². The Kier molecular flexibility index (Phi) is 5.47. The molecule has 1 fully saturated rings. The van der Waals surface area contributed by atoms with E-state index in [4.69, 9.17) is 4.42 Å². The largest absolute Gasteiger partial charge is 0.464 e. The smallest absolute Gasteiger partial charge is 0.191 e. The van der Waals surface area contributed by atoms with E-state index in [9.17, 15) is 0 Å². The van der Waals surface area contributed by atoms with Crippen molar-refractivity contribution in [2.45, 2.75) is 32.7 Å². The lowest BCUT2D eigenvalue weighted by Gasteiger charge is -2.19. The maximum Gasteiger partial charge on any atom is 0.191 e. The Balaban J connectivity index is 1.74. The summed E-state index contributed by atoms with van der Waals surface area (Å²) >= 11 is 0. The molecule has 1 aliphatic heterocycles. The lowest BCUT2D eigenvalue weighted by atomic mass is 10.2. The van der Waals surface area contributed by atoms with Crippen molar-refractivity contribution in [2.75, 3.05) is 33.2 Å². The first kappa shape index (κ1) is 14.9. The van der Waals surface area contributed by atoms with Gasteiger partial charge in [0.15, 0.2) is 5.96 Å². The van der Waals surface area contributed by atoms with E-state index in [0.29, 0.717) is 0 Å². The minimum Gasteiger partial charge on any atom is -0.464 e. The van der Waals surface area contributed by atoms with Gasteiger partial charge in [-0.3, -0.25) is 4.99 Å². The number of furan rings is 1. The van der Waals surface area contributed by atoms with E-state index in [2.05, 4.69) is 27.4 Å². The maximum absolute atomic E-state index is 5.62. The molecule has 1 aromatic rings. The van der Waals surface area contributed by atoms with E-state index >= 15 is 0 Å². The van der Waals surface area contributed by atoms with Gasteiger partial charge in [-0.1, -0.05) is 0 Å². The van der Waals surface area contributed by atoms with Gasteiger partial charge in [-0.05, 0) is 51.9 Å². The lowest BCUT2D eigenvalue weighted by molar-refractivity contribution is 0.343. The summed E-state index contributed by atoms with van der Waals surface area (Å²) in [5, 5.41) is 6.71. The zero-order chi connectivity index (χ0) is 14.4. The third-order valence-electron chi connectivity index (χ3n) is 3.68. The minimum atomic E-state index is 0.113. The fourth-order valence-electron chi connectivity index (χ4n) is 2.50. The van der Waals surface area contributed by atoms with Gasteiger partial charge in [-0.2, -0.15) is 0 Å². The van der Waals surface area contributed by atoms with Gasteiger partial charge in [-0.15, -0.1) is 0 Å². The zero-order valence-corrected chi connectivity index (χ0v) is 12.8. The van der Waals surface area contributed by atoms with Gasteiger partial charge in [0.25, 0.3) is 0 Å². The first-order valence-electron chi connectivity index (χ1n) is 7.45. The summed E-state index contributed by atoms with van der Waals surface area (Å²) < 4.78 is 5.62. The predicted octanol–water partition coefficient (Wildman–Crippen LogP) is 1.91. The normalized spacial score (nSPS) is 18.2. The average molecular weight is 278 g/mol. The second kappa shape index (κ2) is 7.33. The van der Waals surface area contributed by atoms with E-state index in [1.165, 1.54) is 25.9 Å². The molecule has 5 heteroatoms. The number of hydrogen-bond acceptors (Lipinski definition) is 3. The highest BCUT2D eigenvalue weighted by molar-refractivity contribution is 5.79. The monoisotopic (exact) mass is 278 g/mol. The fraction of sp³-hybridized carbons (Fsp3) is 0.667. The van der Waals surface area contributed by atoms with Gasteiger partial charge in [0.1, 0.15) is 11.5 Å². The standard InChI is InChI=1S/C15H26N4O/c1-12-6-7-14(20-12)13(2)18-15(16-3)17-8-11-19-9-4-5-10-19/h6-7,13H,4-5,8-11H2,1-3H3,(H2,16,17,18)/t13-/m1/s1. The van der Waals surface area contributed by atoms with E-state index < -0.39 is 0 Å².